The van der Waals surface area contributed by atoms with Crippen LogP contribution in [0.4, 0.5) is 0 Å². The summed E-state index contributed by atoms with van der Waals surface area (Å²) < 4.78 is 3.14. The number of hydrogen-bond donors (Lipinski definition) is 0. The number of aromatic nitrogens is 2. The molecule has 0 aliphatic rings. The Kier molecular flexibility index (Phi) is 2.79. The van der Waals surface area contributed by atoms with E-state index in [0.717, 1.165) is 27.8 Å². The lowest BCUT2D eigenvalue weighted by molar-refractivity contribution is 0.831. The molecule has 0 radical (unpaired) electrons. The predicted molar refractivity (Wildman–Crippen MR) is 62.8 cm³/mol. The molecule has 2 nitrogen and oxygen atoms in total. The van der Waals surface area contributed by atoms with Gasteiger partial charge in [0.1, 0.15) is 5.82 Å². The third kappa shape index (κ3) is 1.66. The van der Waals surface area contributed by atoms with E-state index in [1.807, 2.05) is 19.2 Å². The third-order valence-corrected chi connectivity index (χ3v) is 2.94. The van der Waals surface area contributed by atoms with Crippen molar-refractivity contribution in [1.29, 1.82) is 0 Å². The van der Waals surface area contributed by atoms with Gasteiger partial charge < -0.3 is 4.57 Å². The van der Waals surface area contributed by atoms with Gasteiger partial charge >= 0.3 is 0 Å². The largest absolute Gasteiger partial charge is 0.331 e. The number of nitrogens with zero attached hydrogens (tertiary/aromatic N) is 2. The molecule has 0 spiro atoms. The van der Waals surface area contributed by atoms with Gasteiger partial charge in [-0.15, -0.1) is 11.6 Å². The van der Waals surface area contributed by atoms with Crippen molar-refractivity contribution in [2.24, 2.45) is 7.05 Å². The Labute approximate surface area is 96.0 Å². The highest BCUT2D eigenvalue weighted by Crippen LogP contribution is 2.20. The highest BCUT2D eigenvalue weighted by Gasteiger charge is 2.06. The fraction of sp³-hybridized carbons (Fsp3) is 0.300. The summed E-state index contributed by atoms with van der Waals surface area (Å²) in [5, 5.41) is 0. The van der Waals surface area contributed by atoms with Crippen molar-refractivity contribution in [1.82, 2.24) is 9.55 Å². The van der Waals surface area contributed by atoms with E-state index < -0.39 is 0 Å². The van der Waals surface area contributed by atoms with E-state index in [4.69, 9.17) is 11.6 Å². The van der Waals surface area contributed by atoms with Gasteiger partial charge in [-0.1, -0.05) is 15.9 Å². The number of fused-ring (bicyclic) bond motifs is 1. The monoisotopic (exact) mass is 272 g/mol. The number of aryl methyl sites for hydroxylation is 2. The zero-order valence-corrected chi connectivity index (χ0v) is 10.1. The fourth-order valence-corrected chi connectivity index (χ4v) is 2.05. The molecule has 0 fully saturated rings. The van der Waals surface area contributed by atoms with Crippen LogP contribution in [0.2, 0.25) is 0 Å². The molecule has 1 aromatic heterocycles. The summed E-state index contributed by atoms with van der Waals surface area (Å²) in [6.45, 7) is 0. The highest BCUT2D eigenvalue weighted by atomic mass is 79.9. The third-order valence-electron chi connectivity index (χ3n) is 2.25. The van der Waals surface area contributed by atoms with Gasteiger partial charge in [-0.25, -0.2) is 4.98 Å². The molecule has 0 aliphatic carbocycles. The van der Waals surface area contributed by atoms with Gasteiger partial charge in [0.15, 0.2) is 0 Å². The Hall–Kier alpha value is -0.540. The van der Waals surface area contributed by atoms with Crippen LogP contribution in [0.25, 0.3) is 11.0 Å². The SMILES string of the molecule is Cn1c(CCCl)nc2cc(Br)ccc21. The van der Waals surface area contributed by atoms with Crippen LogP contribution in [0.15, 0.2) is 22.7 Å². The first-order chi connectivity index (χ1) is 6.72. The summed E-state index contributed by atoms with van der Waals surface area (Å²) in [6, 6.07) is 6.10. The van der Waals surface area contributed by atoms with Crippen LogP contribution in [-0.2, 0) is 13.5 Å². The minimum Gasteiger partial charge on any atom is -0.331 e. The number of imidazole rings is 1. The number of hydrogen-bond acceptors (Lipinski definition) is 1. The second-order valence-corrected chi connectivity index (χ2v) is 4.45. The van der Waals surface area contributed by atoms with Gasteiger partial charge in [-0.2, -0.15) is 0 Å². The molecule has 2 aromatic rings. The standard InChI is InChI=1S/C10H10BrClN2/c1-14-9-3-2-7(11)6-8(9)13-10(14)4-5-12/h2-3,6H,4-5H2,1H3. The first-order valence-corrected chi connectivity index (χ1v) is 5.72. The summed E-state index contributed by atoms with van der Waals surface area (Å²) in [5.74, 6) is 1.64. The molecule has 0 saturated carbocycles. The summed E-state index contributed by atoms with van der Waals surface area (Å²) in [6.07, 6.45) is 0.810. The molecule has 0 aliphatic heterocycles. The lowest BCUT2D eigenvalue weighted by Crippen LogP contribution is -1.98. The van der Waals surface area contributed by atoms with Crippen LogP contribution < -0.4 is 0 Å². The van der Waals surface area contributed by atoms with E-state index in [0.29, 0.717) is 5.88 Å². The minimum absolute atomic E-state index is 0.609. The van der Waals surface area contributed by atoms with Gasteiger partial charge in [0.05, 0.1) is 11.0 Å². The van der Waals surface area contributed by atoms with Gasteiger partial charge in [0.2, 0.25) is 0 Å². The molecule has 0 atom stereocenters. The van der Waals surface area contributed by atoms with Gasteiger partial charge in [0, 0.05) is 23.8 Å². The van der Waals surface area contributed by atoms with E-state index in [9.17, 15) is 0 Å². The molecule has 74 valence electrons. The Balaban J connectivity index is 2.61. The first kappa shape index (κ1) is 9.99. The summed E-state index contributed by atoms with van der Waals surface area (Å²) in [7, 11) is 2.02. The Morgan fingerprint density at radius 3 is 3.00 bits per heavy atom. The lowest BCUT2D eigenvalue weighted by Gasteiger charge is -1.98. The average molecular weight is 274 g/mol. The molecule has 4 heteroatoms. The van der Waals surface area contributed by atoms with Crippen molar-refractivity contribution in [3.63, 3.8) is 0 Å². The maximum atomic E-state index is 5.70. The molecule has 14 heavy (non-hydrogen) atoms. The van der Waals surface area contributed by atoms with Crippen molar-refractivity contribution in [2.75, 3.05) is 5.88 Å². The zero-order chi connectivity index (χ0) is 10.1. The zero-order valence-electron chi connectivity index (χ0n) is 7.80. The molecule has 1 aromatic carbocycles. The molecule has 0 amide bonds. The summed E-state index contributed by atoms with van der Waals surface area (Å²) in [5.41, 5.74) is 2.16. The predicted octanol–water partition coefficient (Wildman–Crippen LogP) is 3.12. The van der Waals surface area contributed by atoms with E-state index in [2.05, 4.69) is 31.5 Å². The normalized spacial score (nSPS) is 11.1. The van der Waals surface area contributed by atoms with E-state index in [1.54, 1.807) is 0 Å². The minimum atomic E-state index is 0.609. The van der Waals surface area contributed by atoms with E-state index in [-0.39, 0.29) is 0 Å². The topological polar surface area (TPSA) is 17.8 Å². The second kappa shape index (κ2) is 3.91. The van der Waals surface area contributed by atoms with Crippen molar-refractivity contribution < 1.29 is 0 Å². The van der Waals surface area contributed by atoms with Gasteiger partial charge in [0.25, 0.3) is 0 Å². The lowest BCUT2D eigenvalue weighted by atomic mass is 10.3. The Bertz CT molecular complexity index is 464. The molecular formula is C10H10BrClN2. The molecule has 0 N–H and O–H groups in total. The van der Waals surface area contributed by atoms with Crippen molar-refractivity contribution in [3.8, 4) is 0 Å². The summed E-state index contributed by atoms with van der Waals surface area (Å²) >= 11 is 9.13. The van der Waals surface area contributed by atoms with E-state index in [1.165, 1.54) is 0 Å². The second-order valence-electron chi connectivity index (χ2n) is 3.16. The van der Waals surface area contributed by atoms with Crippen LogP contribution in [-0.4, -0.2) is 15.4 Å². The van der Waals surface area contributed by atoms with Gasteiger partial charge in [-0.3, -0.25) is 0 Å². The van der Waals surface area contributed by atoms with Crippen LogP contribution in [0.5, 0.6) is 0 Å². The summed E-state index contributed by atoms with van der Waals surface area (Å²) in [4.78, 5) is 4.51. The Morgan fingerprint density at radius 2 is 2.29 bits per heavy atom. The molecular weight excluding hydrogens is 263 g/mol. The fourth-order valence-electron chi connectivity index (χ4n) is 1.53. The van der Waals surface area contributed by atoms with E-state index >= 15 is 0 Å². The molecule has 0 bridgehead atoms. The smallest absolute Gasteiger partial charge is 0.110 e. The van der Waals surface area contributed by atoms with Gasteiger partial charge in [-0.05, 0) is 18.2 Å². The first-order valence-electron chi connectivity index (χ1n) is 4.39. The molecule has 1 heterocycles. The quantitative estimate of drug-likeness (QED) is 0.769. The van der Waals surface area contributed by atoms with Crippen LogP contribution in [0.1, 0.15) is 5.82 Å². The molecule has 0 unspecified atom stereocenters. The van der Waals surface area contributed by atoms with Crippen LogP contribution in [0.3, 0.4) is 0 Å². The Morgan fingerprint density at radius 1 is 1.50 bits per heavy atom. The maximum absolute atomic E-state index is 5.70. The van der Waals surface area contributed by atoms with Crippen molar-refractivity contribution >= 4 is 38.6 Å². The van der Waals surface area contributed by atoms with Crippen LogP contribution in [0, 0.1) is 0 Å². The number of halogens is 2. The number of alkyl halides is 1. The maximum Gasteiger partial charge on any atom is 0.110 e. The number of rotatable bonds is 2. The highest BCUT2D eigenvalue weighted by molar-refractivity contribution is 9.10. The van der Waals surface area contributed by atoms with Crippen LogP contribution >= 0.6 is 27.5 Å². The molecule has 2 rings (SSSR count). The van der Waals surface area contributed by atoms with Crippen molar-refractivity contribution in [2.45, 2.75) is 6.42 Å². The molecule has 0 saturated heterocycles. The van der Waals surface area contributed by atoms with Crippen molar-refractivity contribution in [3.05, 3.63) is 28.5 Å². The number of benzene rings is 1. The average Bonchev–Trinajstić information content (AvgIpc) is 2.44.